The van der Waals surface area contributed by atoms with E-state index < -0.39 is 0 Å². The van der Waals surface area contributed by atoms with Crippen molar-refractivity contribution in [1.29, 1.82) is 0 Å². The second-order valence-electron chi connectivity index (χ2n) is 5.56. The maximum Gasteiger partial charge on any atom is 0.261 e. The summed E-state index contributed by atoms with van der Waals surface area (Å²) in [5.74, 6) is -0.259. The van der Waals surface area contributed by atoms with Crippen LogP contribution in [0.1, 0.15) is 11.1 Å². The molecule has 0 saturated heterocycles. The fourth-order valence-corrected chi connectivity index (χ4v) is 2.44. The van der Waals surface area contributed by atoms with E-state index in [4.69, 9.17) is 0 Å². The Balaban J connectivity index is 1.84. The highest BCUT2D eigenvalue weighted by Crippen LogP contribution is 2.11. The zero-order valence-corrected chi connectivity index (χ0v) is 13.0. The standard InChI is InChI=1S/C18H17N3O2/c1-12-6-8-14(9-7-12)20-16(22)10-21-11-19-17-13(2)4-3-5-15(17)18(21)23/h3-9,11H,10H2,1-2H3,(H,20,22). The summed E-state index contributed by atoms with van der Waals surface area (Å²) >= 11 is 0. The highest BCUT2D eigenvalue weighted by molar-refractivity contribution is 5.90. The van der Waals surface area contributed by atoms with Crippen molar-refractivity contribution in [3.05, 3.63) is 70.3 Å². The van der Waals surface area contributed by atoms with Crippen LogP contribution in [0.3, 0.4) is 0 Å². The number of anilines is 1. The number of carbonyl (C=O) groups excluding carboxylic acids is 1. The molecule has 1 heterocycles. The molecule has 116 valence electrons. The third-order valence-corrected chi connectivity index (χ3v) is 3.70. The van der Waals surface area contributed by atoms with Crippen molar-refractivity contribution in [3.8, 4) is 0 Å². The van der Waals surface area contributed by atoms with Gasteiger partial charge >= 0.3 is 0 Å². The number of nitrogens with one attached hydrogen (secondary N) is 1. The van der Waals surface area contributed by atoms with Gasteiger partial charge in [-0.05, 0) is 37.6 Å². The molecule has 5 heteroatoms. The first-order valence-corrected chi connectivity index (χ1v) is 7.36. The van der Waals surface area contributed by atoms with Crippen molar-refractivity contribution in [3.63, 3.8) is 0 Å². The number of hydrogen-bond acceptors (Lipinski definition) is 3. The lowest BCUT2D eigenvalue weighted by Crippen LogP contribution is -2.28. The van der Waals surface area contributed by atoms with E-state index in [2.05, 4.69) is 10.3 Å². The Bertz CT molecular complexity index is 927. The van der Waals surface area contributed by atoms with Gasteiger partial charge < -0.3 is 5.32 Å². The van der Waals surface area contributed by atoms with Crippen LogP contribution in [0.5, 0.6) is 0 Å². The van der Waals surface area contributed by atoms with Crippen molar-refractivity contribution in [2.24, 2.45) is 0 Å². The molecule has 0 bridgehead atoms. The minimum atomic E-state index is -0.259. The first-order valence-electron chi connectivity index (χ1n) is 7.36. The maximum absolute atomic E-state index is 12.5. The molecule has 0 spiro atoms. The van der Waals surface area contributed by atoms with Gasteiger partial charge in [-0.25, -0.2) is 4.98 Å². The van der Waals surface area contributed by atoms with E-state index in [0.29, 0.717) is 16.6 Å². The Hall–Kier alpha value is -2.95. The van der Waals surface area contributed by atoms with Crippen molar-refractivity contribution in [2.75, 3.05) is 5.32 Å². The summed E-state index contributed by atoms with van der Waals surface area (Å²) in [6.07, 6.45) is 1.42. The monoisotopic (exact) mass is 307 g/mol. The van der Waals surface area contributed by atoms with E-state index in [1.54, 1.807) is 6.07 Å². The van der Waals surface area contributed by atoms with E-state index in [-0.39, 0.29) is 18.0 Å². The topological polar surface area (TPSA) is 64.0 Å². The minimum Gasteiger partial charge on any atom is -0.325 e. The summed E-state index contributed by atoms with van der Waals surface area (Å²) in [5, 5.41) is 3.30. The van der Waals surface area contributed by atoms with Crippen LogP contribution in [0, 0.1) is 13.8 Å². The van der Waals surface area contributed by atoms with Gasteiger partial charge in [0.15, 0.2) is 0 Å². The van der Waals surface area contributed by atoms with Gasteiger partial charge in [0.05, 0.1) is 17.2 Å². The van der Waals surface area contributed by atoms with E-state index >= 15 is 0 Å². The summed E-state index contributed by atoms with van der Waals surface area (Å²) < 4.78 is 1.32. The normalized spacial score (nSPS) is 10.7. The largest absolute Gasteiger partial charge is 0.325 e. The second kappa shape index (κ2) is 6.04. The van der Waals surface area contributed by atoms with Crippen LogP contribution < -0.4 is 10.9 Å². The van der Waals surface area contributed by atoms with E-state index in [9.17, 15) is 9.59 Å². The van der Waals surface area contributed by atoms with Crippen molar-refractivity contribution in [1.82, 2.24) is 9.55 Å². The summed E-state index contributed by atoms with van der Waals surface area (Å²) in [7, 11) is 0. The third-order valence-electron chi connectivity index (χ3n) is 3.70. The molecular weight excluding hydrogens is 290 g/mol. The van der Waals surface area contributed by atoms with Crippen LogP contribution in [-0.2, 0) is 11.3 Å². The summed E-state index contributed by atoms with van der Waals surface area (Å²) in [4.78, 5) is 28.9. The van der Waals surface area contributed by atoms with Gasteiger partial charge in [-0.3, -0.25) is 14.2 Å². The SMILES string of the molecule is Cc1ccc(NC(=O)Cn2cnc3c(C)cccc3c2=O)cc1. The molecule has 0 unspecified atom stereocenters. The number of benzene rings is 2. The molecule has 0 fully saturated rings. The Labute approximate surface area is 133 Å². The molecule has 0 aliphatic rings. The summed E-state index contributed by atoms with van der Waals surface area (Å²) in [6, 6.07) is 13.0. The lowest BCUT2D eigenvalue weighted by Gasteiger charge is -2.09. The van der Waals surface area contributed by atoms with Gasteiger partial charge in [0.25, 0.3) is 5.56 Å². The Morgan fingerprint density at radius 2 is 1.87 bits per heavy atom. The van der Waals surface area contributed by atoms with Crippen molar-refractivity contribution >= 4 is 22.5 Å². The summed E-state index contributed by atoms with van der Waals surface area (Å²) in [5.41, 5.74) is 3.23. The average molecular weight is 307 g/mol. The number of amides is 1. The number of nitrogens with zero attached hydrogens (tertiary/aromatic N) is 2. The Morgan fingerprint density at radius 1 is 1.13 bits per heavy atom. The van der Waals surface area contributed by atoms with Crippen LogP contribution in [0.2, 0.25) is 0 Å². The molecule has 1 N–H and O–H groups in total. The molecule has 23 heavy (non-hydrogen) atoms. The smallest absolute Gasteiger partial charge is 0.261 e. The van der Waals surface area contributed by atoms with E-state index in [0.717, 1.165) is 11.1 Å². The third kappa shape index (κ3) is 3.13. The van der Waals surface area contributed by atoms with Gasteiger partial charge in [-0.1, -0.05) is 29.8 Å². The molecule has 1 amide bonds. The zero-order chi connectivity index (χ0) is 16.4. The number of para-hydroxylation sites is 1. The number of carbonyl (C=O) groups is 1. The van der Waals surface area contributed by atoms with E-state index in [1.165, 1.54) is 10.9 Å². The minimum absolute atomic E-state index is 0.0659. The van der Waals surface area contributed by atoms with Crippen LogP contribution in [0.15, 0.2) is 53.6 Å². The first kappa shape index (κ1) is 15.0. The lowest BCUT2D eigenvalue weighted by atomic mass is 10.1. The fraction of sp³-hybridized carbons (Fsp3) is 0.167. The number of hydrogen-bond donors (Lipinski definition) is 1. The van der Waals surface area contributed by atoms with Gasteiger partial charge in [-0.15, -0.1) is 0 Å². The lowest BCUT2D eigenvalue weighted by molar-refractivity contribution is -0.116. The van der Waals surface area contributed by atoms with Gasteiger partial charge in [0.2, 0.25) is 5.91 Å². The molecule has 3 aromatic rings. The zero-order valence-electron chi connectivity index (χ0n) is 13.0. The molecule has 2 aromatic carbocycles. The molecule has 0 aliphatic carbocycles. The quantitative estimate of drug-likeness (QED) is 0.809. The van der Waals surface area contributed by atoms with Crippen LogP contribution in [-0.4, -0.2) is 15.5 Å². The molecule has 5 nitrogen and oxygen atoms in total. The van der Waals surface area contributed by atoms with Crippen molar-refractivity contribution in [2.45, 2.75) is 20.4 Å². The molecule has 1 aromatic heterocycles. The van der Waals surface area contributed by atoms with Gasteiger partial charge in [0, 0.05) is 5.69 Å². The number of aryl methyl sites for hydroxylation is 2. The van der Waals surface area contributed by atoms with Crippen LogP contribution >= 0.6 is 0 Å². The number of fused-ring (bicyclic) bond motifs is 1. The second-order valence-corrected chi connectivity index (χ2v) is 5.56. The van der Waals surface area contributed by atoms with Crippen molar-refractivity contribution < 1.29 is 4.79 Å². The summed E-state index contributed by atoms with van der Waals surface area (Å²) in [6.45, 7) is 3.82. The number of rotatable bonds is 3. The van der Waals surface area contributed by atoms with Gasteiger partial charge in [-0.2, -0.15) is 0 Å². The fourth-order valence-electron chi connectivity index (χ4n) is 2.44. The van der Waals surface area contributed by atoms with Crippen LogP contribution in [0.4, 0.5) is 5.69 Å². The van der Waals surface area contributed by atoms with Gasteiger partial charge in [0.1, 0.15) is 6.54 Å². The highest BCUT2D eigenvalue weighted by Gasteiger charge is 2.09. The number of aromatic nitrogens is 2. The Morgan fingerprint density at radius 3 is 2.61 bits per heavy atom. The molecule has 3 rings (SSSR count). The predicted molar refractivity (Wildman–Crippen MR) is 90.5 cm³/mol. The predicted octanol–water partition coefficient (Wildman–Crippen LogP) is 2.65. The highest BCUT2D eigenvalue weighted by atomic mass is 16.2. The molecule has 0 atom stereocenters. The first-order chi connectivity index (χ1) is 11.0. The maximum atomic E-state index is 12.5. The Kier molecular flexibility index (Phi) is 3.93. The molecule has 0 radical (unpaired) electrons. The molecule has 0 saturated carbocycles. The molecule has 0 aliphatic heterocycles. The van der Waals surface area contributed by atoms with Crippen LogP contribution in [0.25, 0.3) is 10.9 Å². The molecular formula is C18H17N3O2. The average Bonchev–Trinajstić information content (AvgIpc) is 2.53. The van der Waals surface area contributed by atoms with E-state index in [1.807, 2.05) is 50.2 Å².